The maximum absolute atomic E-state index is 12.6. The van der Waals surface area contributed by atoms with Gasteiger partial charge >= 0.3 is 0 Å². The zero-order valence-electron chi connectivity index (χ0n) is 13.9. The van der Waals surface area contributed by atoms with Gasteiger partial charge in [0.05, 0.1) is 4.91 Å². The SMILES string of the molecule is Cc1ccc(NC(=O)CN2C(=O)/C(=C/c3cccc(Br)c3)SC2=S)cc1. The van der Waals surface area contributed by atoms with E-state index in [1.54, 1.807) is 6.08 Å². The van der Waals surface area contributed by atoms with Gasteiger partial charge in [-0.25, -0.2) is 0 Å². The molecule has 0 unspecified atom stereocenters. The lowest BCUT2D eigenvalue weighted by molar-refractivity contribution is -0.126. The predicted octanol–water partition coefficient (Wildman–Crippen LogP) is 4.60. The molecule has 1 fully saturated rings. The average molecular weight is 447 g/mol. The summed E-state index contributed by atoms with van der Waals surface area (Å²) in [5, 5.41) is 2.78. The van der Waals surface area contributed by atoms with Gasteiger partial charge < -0.3 is 5.32 Å². The van der Waals surface area contributed by atoms with Gasteiger partial charge in [0.25, 0.3) is 5.91 Å². The third kappa shape index (κ3) is 4.60. The summed E-state index contributed by atoms with van der Waals surface area (Å²) in [7, 11) is 0. The molecule has 0 saturated carbocycles. The van der Waals surface area contributed by atoms with Crippen LogP contribution in [-0.4, -0.2) is 27.6 Å². The van der Waals surface area contributed by atoms with E-state index >= 15 is 0 Å². The van der Waals surface area contributed by atoms with Crippen LogP contribution in [0.3, 0.4) is 0 Å². The normalized spacial score (nSPS) is 15.6. The van der Waals surface area contributed by atoms with Crippen LogP contribution in [-0.2, 0) is 9.59 Å². The zero-order chi connectivity index (χ0) is 18.7. The maximum Gasteiger partial charge on any atom is 0.266 e. The first-order chi connectivity index (χ1) is 12.4. The van der Waals surface area contributed by atoms with E-state index in [4.69, 9.17) is 12.2 Å². The highest BCUT2D eigenvalue weighted by Gasteiger charge is 2.33. The number of anilines is 1. The Morgan fingerprint density at radius 3 is 2.69 bits per heavy atom. The summed E-state index contributed by atoms with van der Waals surface area (Å²) in [5.74, 6) is -0.534. The van der Waals surface area contributed by atoms with Crippen LogP contribution in [0.2, 0.25) is 0 Å². The fourth-order valence-corrected chi connectivity index (χ4v) is 4.04. The molecule has 2 aromatic carbocycles. The second-order valence-electron chi connectivity index (χ2n) is 5.74. The minimum absolute atomic E-state index is 0.103. The summed E-state index contributed by atoms with van der Waals surface area (Å²) in [4.78, 5) is 26.7. The van der Waals surface area contributed by atoms with Gasteiger partial charge in [0.15, 0.2) is 0 Å². The molecule has 0 aliphatic carbocycles. The maximum atomic E-state index is 12.6. The number of carbonyl (C=O) groups excluding carboxylic acids is 2. The molecule has 1 aliphatic rings. The quantitative estimate of drug-likeness (QED) is 0.550. The molecule has 1 aliphatic heterocycles. The van der Waals surface area contributed by atoms with Crippen molar-refractivity contribution in [3.05, 3.63) is 69.0 Å². The number of hydrogen-bond acceptors (Lipinski definition) is 4. The molecule has 0 bridgehead atoms. The molecule has 0 aromatic heterocycles. The summed E-state index contributed by atoms with van der Waals surface area (Å²) in [6, 6.07) is 15.1. The van der Waals surface area contributed by atoms with E-state index in [9.17, 15) is 9.59 Å². The summed E-state index contributed by atoms with van der Waals surface area (Å²) in [6.45, 7) is 1.87. The molecule has 3 rings (SSSR count). The first kappa shape index (κ1) is 18.8. The van der Waals surface area contributed by atoms with Crippen molar-refractivity contribution in [2.75, 3.05) is 11.9 Å². The van der Waals surface area contributed by atoms with Gasteiger partial charge in [0.1, 0.15) is 10.9 Å². The summed E-state index contributed by atoms with van der Waals surface area (Å²) < 4.78 is 1.31. The number of benzene rings is 2. The fraction of sp³-hybridized carbons (Fsp3) is 0.105. The van der Waals surface area contributed by atoms with Gasteiger partial charge in [0.2, 0.25) is 5.91 Å². The van der Waals surface area contributed by atoms with E-state index in [1.807, 2.05) is 55.5 Å². The number of hydrogen-bond donors (Lipinski definition) is 1. The second kappa shape index (κ2) is 8.16. The van der Waals surface area contributed by atoms with Crippen LogP contribution in [0.25, 0.3) is 6.08 Å². The third-order valence-corrected chi connectivity index (χ3v) is 5.53. The second-order valence-corrected chi connectivity index (χ2v) is 8.33. The molecule has 2 aromatic rings. The van der Waals surface area contributed by atoms with Crippen LogP contribution in [0.5, 0.6) is 0 Å². The summed E-state index contributed by atoms with van der Waals surface area (Å²) in [6.07, 6.45) is 1.78. The van der Waals surface area contributed by atoms with Crippen molar-refractivity contribution in [3.63, 3.8) is 0 Å². The van der Waals surface area contributed by atoms with Crippen molar-refractivity contribution in [2.24, 2.45) is 0 Å². The Morgan fingerprint density at radius 1 is 1.27 bits per heavy atom. The van der Waals surface area contributed by atoms with Gasteiger partial charge in [-0.3, -0.25) is 14.5 Å². The van der Waals surface area contributed by atoms with Crippen LogP contribution < -0.4 is 5.32 Å². The summed E-state index contributed by atoms with van der Waals surface area (Å²) >= 11 is 9.89. The average Bonchev–Trinajstić information content (AvgIpc) is 2.84. The number of carbonyl (C=O) groups is 2. The fourth-order valence-electron chi connectivity index (χ4n) is 2.37. The van der Waals surface area contributed by atoms with Crippen LogP contribution in [0.15, 0.2) is 57.9 Å². The van der Waals surface area contributed by atoms with Crippen molar-refractivity contribution in [1.82, 2.24) is 4.90 Å². The molecular weight excluding hydrogens is 432 g/mol. The van der Waals surface area contributed by atoms with Crippen LogP contribution >= 0.6 is 39.9 Å². The topological polar surface area (TPSA) is 49.4 Å². The molecule has 4 nitrogen and oxygen atoms in total. The van der Waals surface area contributed by atoms with Gasteiger partial charge in [0, 0.05) is 10.2 Å². The molecule has 2 amide bonds. The molecule has 0 radical (unpaired) electrons. The Hall–Kier alpha value is -1.96. The van der Waals surface area contributed by atoms with E-state index in [0.29, 0.717) is 14.9 Å². The number of thiocarbonyl (C=S) groups is 1. The Labute approximate surface area is 169 Å². The predicted molar refractivity (Wildman–Crippen MR) is 114 cm³/mol. The molecule has 7 heteroatoms. The highest BCUT2D eigenvalue weighted by molar-refractivity contribution is 9.10. The third-order valence-electron chi connectivity index (χ3n) is 3.66. The number of halogens is 1. The zero-order valence-corrected chi connectivity index (χ0v) is 17.1. The standard InChI is InChI=1S/C19H15BrN2O2S2/c1-12-5-7-15(8-6-12)21-17(23)11-22-18(24)16(26-19(22)25)10-13-3-2-4-14(20)9-13/h2-10H,11H2,1H3,(H,21,23)/b16-10-. The van der Waals surface area contributed by atoms with Crippen molar-refractivity contribution in [3.8, 4) is 0 Å². The van der Waals surface area contributed by atoms with E-state index in [0.717, 1.165) is 15.6 Å². The molecule has 132 valence electrons. The molecular formula is C19H15BrN2O2S2. The lowest BCUT2D eigenvalue weighted by Crippen LogP contribution is -2.36. The van der Waals surface area contributed by atoms with Crippen LogP contribution in [0.4, 0.5) is 5.69 Å². The molecule has 1 saturated heterocycles. The Morgan fingerprint density at radius 2 is 2.00 bits per heavy atom. The number of rotatable bonds is 4. The minimum atomic E-state index is -0.283. The van der Waals surface area contributed by atoms with E-state index < -0.39 is 0 Å². The van der Waals surface area contributed by atoms with E-state index in [1.165, 1.54) is 16.7 Å². The molecule has 26 heavy (non-hydrogen) atoms. The van der Waals surface area contributed by atoms with Crippen LogP contribution in [0.1, 0.15) is 11.1 Å². The largest absolute Gasteiger partial charge is 0.325 e. The Bertz CT molecular complexity index is 910. The van der Waals surface area contributed by atoms with Crippen molar-refractivity contribution in [2.45, 2.75) is 6.92 Å². The van der Waals surface area contributed by atoms with Crippen molar-refractivity contribution >= 4 is 67.8 Å². The summed E-state index contributed by atoms with van der Waals surface area (Å²) in [5.41, 5.74) is 2.69. The highest BCUT2D eigenvalue weighted by Crippen LogP contribution is 2.32. The van der Waals surface area contributed by atoms with Gasteiger partial charge in [-0.15, -0.1) is 0 Å². The van der Waals surface area contributed by atoms with Crippen molar-refractivity contribution in [1.29, 1.82) is 0 Å². The number of nitrogens with zero attached hydrogens (tertiary/aromatic N) is 1. The smallest absolute Gasteiger partial charge is 0.266 e. The molecule has 1 N–H and O–H groups in total. The first-order valence-corrected chi connectivity index (χ1v) is 9.81. The molecule has 1 heterocycles. The molecule has 0 spiro atoms. The Balaban J connectivity index is 1.69. The van der Waals surface area contributed by atoms with Gasteiger partial charge in [-0.2, -0.15) is 0 Å². The van der Waals surface area contributed by atoms with Gasteiger partial charge in [-0.05, 0) is 42.8 Å². The van der Waals surface area contributed by atoms with E-state index in [2.05, 4.69) is 21.2 Å². The lowest BCUT2D eigenvalue weighted by Gasteiger charge is -2.14. The number of nitrogens with one attached hydrogen (secondary N) is 1. The number of thioether (sulfide) groups is 1. The van der Waals surface area contributed by atoms with Crippen LogP contribution in [0, 0.1) is 6.92 Å². The van der Waals surface area contributed by atoms with E-state index in [-0.39, 0.29) is 18.4 Å². The first-order valence-electron chi connectivity index (χ1n) is 7.80. The Kier molecular flexibility index (Phi) is 5.90. The molecule has 0 atom stereocenters. The number of amides is 2. The minimum Gasteiger partial charge on any atom is -0.325 e. The number of aryl methyl sites for hydroxylation is 1. The monoisotopic (exact) mass is 446 g/mol. The highest BCUT2D eigenvalue weighted by atomic mass is 79.9. The van der Waals surface area contributed by atoms with Crippen molar-refractivity contribution < 1.29 is 9.59 Å². The van der Waals surface area contributed by atoms with Gasteiger partial charge in [-0.1, -0.05) is 69.7 Å². The lowest BCUT2D eigenvalue weighted by atomic mass is 10.2.